The Hall–Kier alpha value is -1.69. The van der Waals surface area contributed by atoms with Gasteiger partial charge >= 0.3 is 0 Å². The molecular weight excluding hydrogens is 396 g/mol. The quantitative estimate of drug-likeness (QED) is 0.606. The highest BCUT2D eigenvalue weighted by atomic mass is 79.9. The second-order valence-corrected chi connectivity index (χ2v) is 6.73. The maximum absolute atomic E-state index is 12.6. The van der Waals surface area contributed by atoms with Gasteiger partial charge in [-0.2, -0.15) is 0 Å². The monoisotopic (exact) mass is 406 g/mol. The molecule has 0 bridgehead atoms. The van der Waals surface area contributed by atoms with Crippen LogP contribution in [-0.4, -0.2) is 15.9 Å². The average molecular weight is 408 g/mol. The highest BCUT2D eigenvalue weighted by Crippen LogP contribution is 2.22. The van der Waals surface area contributed by atoms with E-state index < -0.39 is 0 Å². The van der Waals surface area contributed by atoms with E-state index in [-0.39, 0.29) is 5.91 Å². The summed E-state index contributed by atoms with van der Waals surface area (Å²) < 4.78 is 0.987. The molecule has 0 unspecified atom stereocenters. The van der Waals surface area contributed by atoms with Gasteiger partial charge in [0.05, 0.1) is 6.54 Å². The minimum Gasteiger partial charge on any atom is -0.328 e. The van der Waals surface area contributed by atoms with E-state index in [0.717, 1.165) is 15.6 Å². The van der Waals surface area contributed by atoms with Crippen molar-refractivity contribution in [3.8, 4) is 0 Å². The molecular formula is C17H12BrClN2OS. The summed E-state index contributed by atoms with van der Waals surface area (Å²) in [6.45, 7) is 0.349. The van der Waals surface area contributed by atoms with Crippen LogP contribution < -0.4 is 5.32 Å². The van der Waals surface area contributed by atoms with Crippen molar-refractivity contribution in [1.29, 1.82) is 0 Å². The van der Waals surface area contributed by atoms with Crippen molar-refractivity contribution in [1.82, 2.24) is 10.2 Å². The molecule has 0 saturated carbocycles. The smallest absolute Gasteiger partial charge is 0.276 e. The molecule has 116 valence electrons. The van der Waals surface area contributed by atoms with Crippen molar-refractivity contribution in [3.05, 3.63) is 74.9 Å². The Morgan fingerprint density at radius 3 is 2.57 bits per heavy atom. The van der Waals surface area contributed by atoms with Crippen LogP contribution in [0.5, 0.6) is 0 Å². The SMILES string of the molecule is O=C1/C(=C\c2ccc(Br)cc2)NC(=S)N1Cc1ccccc1Cl. The highest BCUT2D eigenvalue weighted by molar-refractivity contribution is 9.10. The normalized spacial score (nSPS) is 16.1. The van der Waals surface area contributed by atoms with Crippen molar-refractivity contribution in [2.45, 2.75) is 6.54 Å². The summed E-state index contributed by atoms with van der Waals surface area (Å²) in [5, 5.41) is 3.98. The Balaban J connectivity index is 1.82. The van der Waals surface area contributed by atoms with E-state index in [0.29, 0.717) is 22.4 Å². The molecule has 1 N–H and O–H groups in total. The Morgan fingerprint density at radius 1 is 1.17 bits per heavy atom. The van der Waals surface area contributed by atoms with E-state index in [2.05, 4.69) is 21.2 Å². The molecule has 23 heavy (non-hydrogen) atoms. The molecule has 2 aromatic carbocycles. The number of hydrogen-bond acceptors (Lipinski definition) is 2. The van der Waals surface area contributed by atoms with Gasteiger partial charge in [-0.15, -0.1) is 0 Å². The predicted octanol–water partition coefficient (Wildman–Crippen LogP) is 4.36. The summed E-state index contributed by atoms with van der Waals surface area (Å²) in [5.74, 6) is -0.155. The number of carbonyl (C=O) groups excluding carboxylic acids is 1. The molecule has 1 aliphatic rings. The zero-order valence-electron chi connectivity index (χ0n) is 11.9. The molecule has 0 aliphatic carbocycles. The number of amides is 1. The topological polar surface area (TPSA) is 32.3 Å². The van der Waals surface area contributed by atoms with Gasteiger partial charge in [-0.3, -0.25) is 9.69 Å². The first-order valence-electron chi connectivity index (χ1n) is 6.88. The third kappa shape index (κ3) is 3.63. The molecule has 3 rings (SSSR count). The van der Waals surface area contributed by atoms with E-state index in [1.165, 1.54) is 4.90 Å². The zero-order chi connectivity index (χ0) is 16.4. The van der Waals surface area contributed by atoms with Crippen molar-refractivity contribution >= 4 is 56.8 Å². The molecule has 1 aliphatic heterocycles. The molecule has 2 aromatic rings. The van der Waals surface area contributed by atoms with Gasteiger partial charge in [0.25, 0.3) is 5.91 Å². The van der Waals surface area contributed by atoms with Crippen LogP contribution in [0.2, 0.25) is 5.02 Å². The van der Waals surface area contributed by atoms with Crippen molar-refractivity contribution in [2.75, 3.05) is 0 Å². The van der Waals surface area contributed by atoms with Gasteiger partial charge in [0.1, 0.15) is 5.70 Å². The van der Waals surface area contributed by atoms with Crippen LogP contribution in [0, 0.1) is 0 Å². The van der Waals surface area contributed by atoms with E-state index in [1.807, 2.05) is 42.5 Å². The summed E-state index contributed by atoms with van der Waals surface area (Å²) in [7, 11) is 0. The van der Waals surface area contributed by atoms with E-state index in [9.17, 15) is 4.79 Å². The first kappa shape index (κ1) is 16.2. The fourth-order valence-corrected chi connectivity index (χ4v) is 2.96. The summed E-state index contributed by atoms with van der Waals surface area (Å²) in [5.41, 5.74) is 2.24. The number of rotatable bonds is 3. The highest BCUT2D eigenvalue weighted by Gasteiger charge is 2.30. The molecule has 0 radical (unpaired) electrons. The lowest BCUT2D eigenvalue weighted by atomic mass is 10.2. The van der Waals surface area contributed by atoms with E-state index in [1.54, 1.807) is 12.1 Å². The number of halogens is 2. The largest absolute Gasteiger partial charge is 0.328 e. The lowest BCUT2D eigenvalue weighted by Crippen LogP contribution is -2.30. The summed E-state index contributed by atoms with van der Waals surface area (Å²) in [4.78, 5) is 14.1. The molecule has 1 heterocycles. The maximum atomic E-state index is 12.6. The Labute approximate surface area is 153 Å². The van der Waals surface area contributed by atoms with Gasteiger partial charge in [-0.1, -0.05) is 57.9 Å². The third-order valence-electron chi connectivity index (χ3n) is 3.43. The van der Waals surface area contributed by atoms with Crippen LogP contribution in [0.3, 0.4) is 0 Å². The molecule has 6 heteroatoms. The molecule has 1 saturated heterocycles. The minimum atomic E-state index is -0.155. The zero-order valence-corrected chi connectivity index (χ0v) is 15.1. The van der Waals surface area contributed by atoms with Crippen LogP contribution in [0.1, 0.15) is 11.1 Å². The first-order valence-corrected chi connectivity index (χ1v) is 8.46. The number of benzene rings is 2. The number of hydrogen-bond donors (Lipinski definition) is 1. The molecule has 0 spiro atoms. The van der Waals surface area contributed by atoms with Crippen molar-refractivity contribution < 1.29 is 4.79 Å². The van der Waals surface area contributed by atoms with Gasteiger partial charge < -0.3 is 5.32 Å². The van der Waals surface area contributed by atoms with Gasteiger partial charge in [-0.05, 0) is 47.6 Å². The first-order chi connectivity index (χ1) is 11.0. The Bertz CT molecular complexity index is 804. The second kappa shape index (κ2) is 6.83. The van der Waals surface area contributed by atoms with Crippen LogP contribution in [0.4, 0.5) is 0 Å². The van der Waals surface area contributed by atoms with Crippen LogP contribution in [0.25, 0.3) is 6.08 Å². The number of thiocarbonyl (C=S) groups is 1. The van der Waals surface area contributed by atoms with Crippen LogP contribution >= 0.6 is 39.7 Å². The molecule has 0 atom stereocenters. The van der Waals surface area contributed by atoms with Gasteiger partial charge in [0.2, 0.25) is 0 Å². The third-order valence-corrected chi connectivity index (χ3v) is 4.65. The van der Waals surface area contributed by atoms with Crippen LogP contribution in [-0.2, 0) is 11.3 Å². The van der Waals surface area contributed by atoms with E-state index >= 15 is 0 Å². The average Bonchev–Trinajstić information content (AvgIpc) is 2.79. The Kier molecular flexibility index (Phi) is 4.80. The lowest BCUT2D eigenvalue weighted by Gasteiger charge is -2.14. The summed E-state index contributed by atoms with van der Waals surface area (Å²) in [6.07, 6.45) is 1.79. The molecule has 1 amide bonds. The number of nitrogens with zero attached hydrogens (tertiary/aromatic N) is 1. The fraction of sp³-hybridized carbons (Fsp3) is 0.0588. The molecule has 3 nitrogen and oxygen atoms in total. The van der Waals surface area contributed by atoms with Crippen molar-refractivity contribution in [2.24, 2.45) is 0 Å². The van der Waals surface area contributed by atoms with Crippen LogP contribution in [0.15, 0.2) is 58.7 Å². The number of carbonyl (C=O) groups is 1. The number of nitrogens with one attached hydrogen (secondary N) is 1. The molecule has 0 aromatic heterocycles. The van der Waals surface area contributed by atoms with Gasteiger partial charge in [0.15, 0.2) is 5.11 Å². The van der Waals surface area contributed by atoms with E-state index in [4.69, 9.17) is 23.8 Å². The minimum absolute atomic E-state index is 0.155. The van der Waals surface area contributed by atoms with Crippen molar-refractivity contribution in [3.63, 3.8) is 0 Å². The lowest BCUT2D eigenvalue weighted by molar-refractivity contribution is -0.122. The maximum Gasteiger partial charge on any atom is 0.276 e. The second-order valence-electron chi connectivity index (χ2n) is 5.02. The van der Waals surface area contributed by atoms with Gasteiger partial charge in [0, 0.05) is 9.50 Å². The molecule has 1 fully saturated rings. The standard InChI is InChI=1S/C17H12BrClN2OS/c18-13-7-5-11(6-8-13)9-15-16(22)21(17(23)20-15)10-12-3-1-2-4-14(12)19/h1-9H,10H2,(H,20,23)/b15-9+. The Morgan fingerprint density at radius 2 is 1.87 bits per heavy atom. The van der Waals surface area contributed by atoms with Gasteiger partial charge in [-0.25, -0.2) is 0 Å². The summed E-state index contributed by atoms with van der Waals surface area (Å²) in [6, 6.07) is 15.1. The fourth-order valence-electron chi connectivity index (χ4n) is 2.24. The predicted molar refractivity (Wildman–Crippen MR) is 99.9 cm³/mol. The summed E-state index contributed by atoms with van der Waals surface area (Å²) >= 11 is 14.8.